The van der Waals surface area contributed by atoms with E-state index in [1.165, 1.54) is 0 Å². The average molecular weight is 335 g/mol. The van der Waals surface area contributed by atoms with E-state index in [9.17, 15) is 4.79 Å². The van der Waals surface area contributed by atoms with Gasteiger partial charge in [-0.15, -0.1) is 0 Å². The molecule has 20 heavy (non-hydrogen) atoms. The second kappa shape index (κ2) is 6.05. The van der Waals surface area contributed by atoms with E-state index < -0.39 is 0 Å². The van der Waals surface area contributed by atoms with Crippen LogP contribution in [0, 0.1) is 13.8 Å². The summed E-state index contributed by atoms with van der Waals surface area (Å²) >= 11 is 3.37. The van der Waals surface area contributed by atoms with E-state index in [0.29, 0.717) is 21.6 Å². The van der Waals surface area contributed by atoms with Crippen molar-refractivity contribution in [2.75, 3.05) is 12.4 Å². The Morgan fingerprint density at radius 3 is 2.65 bits per heavy atom. The van der Waals surface area contributed by atoms with Crippen molar-refractivity contribution in [1.82, 2.24) is 4.98 Å². The Kier molecular flexibility index (Phi) is 4.39. The molecule has 2 aromatic rings. The Balaban J connectivity index is 2.27. The first-order valence-electron chi connectivity index (χ1n) is 6.10. The third-order valence-electron chi connectivity index (χ3n) is 2.76. The standard InChI is InChI=1S/C15H15BrN2O2/c1-9-6-10(2)17-14(7-9)18-15(19)12-8-11(20-3)4-5-13(12)16/h4-8H,1-3H3,(H,17,18,19). The summed E-state index contributed by atoms with van der Waals surface area (Å²) in [5.74, 6) is 0.947. The number of aromatic nitrogens is 1. The van der Waals surface area contributed by atoms with Crippen molar-refractivity contribution >= 4 is 27.7 Å². The van der Waals surface area contributed by atoms with Crippen molar-refractivity contribution < 1.29 is 9.53 Å². The normalized spacial score (nSPS) is 10.2. The van der Waals surface area contributed by atoms with Crippen LogP contribution in [0.15, 0.2) is 34.8 Å². The fraction of sp³-hybridized carbons (Fsp3) is 0.200. The molecule has 0 atom stereocenters. The molecule has 2 rings (SSSR count). The molecule has 0 aliphatic carbocycles. The molecule has 0 saturated heterocycles. The number of nitrogens with zero attached hydrogens (tertiary/aromatic N) is 1. The summed E-state index contributed by atoms with van der Waals surface area (Å²) < 4.78 is 5.84. The lowest BCUT2D eigenvalue weighted by Crippen LogP contribution is -2.14. The molecule has 0 saturated carbocycles. The number of hydrogen-bond acceptors (Lipinski definition) is 3. The van der Waals surface area contributed by atoms with Crippen LogP contribution in [0.25, 0.3) is 0 Å². The molecule has 1 heterocycles. The molecule has 1 N–H and O–H groups in total. The van der Waals surface area contributed by atoms with Gasteiger partial charge in [0.1, 0.15) is 11.6 Å². The molecule has 4 nitrogen and oxygen atoms in total. The lowest BCUT2D eigenvalue weighted by molar-refractivity contribution is 0.102. The number of methoxy groups -OCH3 is 1. The molecule has 0 bridgehead atoms. The van der Waals surface area contributed by atoms with Crippen LogP contribution in [-0.4, -0.2) is 18.0 Å². The second-order valence-electron chi connectivity index (χ2n) is 4.47. The molecule has 0 spiro atoms. The molecule has 0 radical (unpaired) electrons. The summed E-state index contributed by atoms with van der Waals surface area (Å²) in [6.45, 7) is 3.86. The minimum absolute atomic E-state index is 0.228. The molecular weight excluding hydrogens is 320 g/mol. The van der Waals surface area contributed by atoms with Crippen LogP contribution in [0.3, 0.4) is 0 Å². The van der Waals surface area contributed by atoms with Gasteiger partial charge in [0.15, 0.2) is 0 Å². The molecule has 0 fully saturated rings. The van der Waals surface area contributed by atoms with Crippen LogP contribution in [0.1, 0.15) is 21.6 Å². The van der Waals surface area contributed by atoms with Gasteiger partial charge in [-0.1, -0.05) is 0 Å². The molecule has 5 heteroatoms. The Morgan fingerprint density at radius 1 is 1.25 bits per heavy atom. The summed E-state index contributed by atoms with van der Waals surface area (Å²) in [4.78, 5) is 16.6. The first-order chi connectivity index (χ1) is 9.49. The van der Waals surface area contributed by atoms with Crippen LogP contribution in [0.5, 0.6) is 5.75 Å². The smallest absolute Gasteiger partial charge is 0.258 e. The maximum atomic E-state index is 12.3. The zero-order chi connectivity index (χ0) is 14.7. The molecule has 104 valence electrons. The van der Waals surface area contributed by atoms with Crippen LogP contribution in [0.4, 0.5) is 5.82 Å². The second-order valence-corrected chi connectivity index (χ2v) is 5.33. The minimum atomic E-state index is -0.228. The summed E-state index contributed by atoms with van der Waals surface area (Å²) in [7, 11) is 1.57. The van der Waals surface area contributed by atoms with E-state index in [2.05, 4.69) is 26.2 Å². The average Bonchev–Trinajstić information content (AvgIpc) is 2.37. The van der Waals surface area contributed by atoms with Crippen molar-refractivity contribution in [2.24, 2.45) is 0 Å². The largest absolute Gasteiger partial charge is 0.497 e. The highest BCUT2D eigenvalue weighted by Gasteiger charge is 2.12. The van der Waals surface area contributed by atoms with Gasteiger partial charge in [0.25, 0.3) is 5.91 Å². The van der Waals surface area contributed by atoms with E-state index in [-0.39, 0.29) is 5.91 Å². The number of anilines is 1. The van der Waals surface area contributed by atoms with Crippen LogP contribution < -0.4 is 10.1 Å². The summed E-state index contributed by atoms with van der Waals surface area (Å²) in [5, 5.41) is 2.80. The maximum Gasteiger partial charge on any atom is 0.258 e. The number of amides is 1. The highest BCUT2D eigenvalue weighted by atomic mass is 79.9. The third-order valence-corrected chi connectivity index (χ3v) is 3.45. The van der Waals surface area contributed by atoms with Crippen LogP contribution in [0.2, 0.25) is 0 Å². The van der Waals surface area contributed by atoms with Crippen LogP contribution >= 0.6 is 15.9 Å². The molecule has 1 aromatic heterocycles. The zero-order valence-corrected chi connectivity index (χ0v) is 13.1. The number of carbonyl (C=O) groups excluding carboxylic acids is 1. The molecule has 0 aliphatic heterocycles. The van der Waals surface area contributed by atoms with E-state index in [4.69, 9.17) is 4.74 Å². The van der Waals surface area contributed by atoms with Gasteiger partial charge >= 0.3 is 0 Å². The Labute approximate surface area is 126 Å². The zero-order valence-electron chi connectivity index (χ0n) is 11.5. The first kappa shape index (κ1) is 14.5. The predicted octanol–water partition coefficient (Wildman–Crippen LogP) is 3.72. The molecule has 0 aliphatic rings. The van der Waals surface area contributed by atoms with Gasteiger partial charge in [0, 0.05) is 10.2 Å². The number of nitrogens with one attached hydrogen (secondary N) is 1. The van der Waals surface area contributed by atoms with Gasteiger partial charge in [-0.2, -0.15) is 0 Å². The van der Waals surface area contributed by atoms with Gasteiger partial charge in [0.05, 0.1) is 12.7 Å². The number of aryl methyl sites for hydroxylation is 2. The number of hydrogen-bond donors (Lipinski definition) is 1. The van der Waals surface area contributed by atoms with Gasteiger partial charge in [-0.05, 0) is 65.7 Å². The number of benzene rings is 1. The third kappa shape index (κ3) is 3.36. The number of rotatable bonds is 3. The Bertz CT molecular complexity index is 636. The van der Waals surface area contributed by atoms with Crippen molar-refractivity contribution in [1.29, 1.82) is 0 Å². The van der Waals surface area contributed by atoms with Gasteiger partial charge in [0.2, 0.25) is 0 Å². The summed E-state index contributed by atoms with van der Waals surface area (Å²) in [6.07, 6.45) is 0. The summed E-state index contributed by atoms with van der Waals surface area (Å²) in [6, 6.07) is 9.04. The first-order valence-corrected chi connectivity index (χ1v) is 6.89. The van der Waals surface area contributed by atoms with Crippen molar-refractivity contribution in [3.8, 4) is 5.75 Å². The highest BCUT2D eigenvalue weighted by Crippen LogP contribution is 2.23. The molecular formula is C15H15BrN2O2. The van der Waals surface area contributed by atoms with E-state index in [1.807, 2.05) is 26.0 Å². The number of pyridine rings is 1. The van der Waals surface area contributed by atoms with Gasteiger partial charge in [-0.3, -0.25) is 4.79 Å². The lowest BCUT2D eigenvalue weighted by atomic mass is 10.2. The monoisotopic (exact) mass is 334 g/mol. The van der Waals surface area contributed by atoms with E-state index in [0.717, 1.165) is 11.3 Å². The lowest BCUT2D eigenvalue weighted by Gasteiger charge is -2.09. The van der Waals surface area contributed by atoms with Gasteiger partial charge < -0.3 is 10.1 Å². The number of halogens is 1. The highest BCUT2D eigenvalue weighted by molar-refractivity contribution is 9.10. The van der Waals surface area contributed by atoms with Crippen molar-refractivity contribution in [3.05, 3.63) is 51.6 Å². The summed E-state index contributed by atoms with van der Waals surface area (Å²) in [5.41, 5.74) is 2.42. The van der Waals surface area contributed by atoms with Crippen LogP contribution in [-0.2, 0) is 0 Å². The molecule has 0 unspecified atom stereocenters. The molecule has 1 aromatic carbocycles. The molecule has 1 amide bonds. The maximum absolute atomic E-state index is 12.3. The topological polar surface area (TPSA) is 51.2 Å². The van der Waals surface area contributed by atoms with E-state index >= 15 is 0 Å². The minimum Gasteiger partial charge on any atom is -0.497 e. The number of ether oxygens (including phenoxy) is 1. The predicted molar refractivity (Wildman–Crippen MR) is 82.4 cm³/mol. The van der Waals surface area contributed by atoms with Crippen molar-refractivity contribution in [3.63, 3.8) is 0 Å². The SMILES string of the molecule is COc1ccc(Br)c(C(=O)Nc2cc(C)cc(C)n2)c1. The Morgan fingerprint density at radius 2 is 2.00 bits per heavy atom. The fourth-order valence-electron chi connectivity index (χ4n) is 1.89. The Hall–Kier alpha value is -1.88. The van der Waals surface area contributed by atoms with Crippen molar-refractivity contribution in [2.45, 2.75) is 13.8 Å². The van der Waals surface area contributed by atoms with Gasteiger partial charge in [-0.25, -0.2) is 4.98 Å². The quantitative estimate of drug-likeness (QED) is 0.930. The van der Waals surface area contributed by atoms with E-state index in [1.54, 1.807) is 25.3 Å². The fourth-order valence-corrected chi connectivity index (χ4v) is 2.32. The number of carbonyl (C=O) groups is 1.